The Kier molecular flexibility index (Phi) is 3.21. The third-order valence-electron chi connectivity index (χ3n) is 2.58. The van der Waals surface area contributed by atoms with E-state index in [1.165, 1.54) is 28.5 Å². The molecule has 20 heavy (non-hydrogen) atoms. The lowest BCUT2D eigenvalue weighted by molar-refractivity contribution is 0.0957. The van der Waals surface area contributed by atoms with E-state index in [0.717, 1.165) is 10.6 Å². The minimum Gasteiger partial charge on any atom is -0.351 e. The van der Waals surface area contributed by atoms with E-state index in [4.69, 9.17) is 4.52 Å². The Labute approximate surface area is 117 Å². The highest BCUT2D eigenvalue weighted by Gasteiger charge is 2.20. The summed E-state index contributed by atoms with van der Waals surface area (Å²) in [5, 5.41) is 12.8. The molecule has 0 saturated heterocycles. The number of hydrogen-bond donors (Lipinski definition) is 0. The van der Waals surface area contributed by atoms with Crippen molar-refractivity contribution in [2.45, 2.75) is 0 Å². The van der Waals surface area contributed by atoms with Gasteiger partial charge in [0, 0.05) is 31.1 Å². The van der Waals surface area contributed by atoms with Crippen molar-refractivity contribution in [3.8, 4) is 10.6 Å². The Balaban J connectivity index is 1.85. The lowest BCUT2D eigenvalue weighted by Gasteiger charge is -2.09. The second-order valence-electron chi connectivity index (χ2n) is 3.87. The molecule has 0 N–H and O–H groups in total. The van der Waals surface area contributed by atoms with Gasteiger partial charge >= 0.3 is 0 Å². The first-order valence-electron chi connectivity index (χ1n) is 5.68. The molecule has 3 heterocycles. The average Bonchev–Trinajstić information content (AvgIpc) is 3.18. The van der Waals surface area contributed by atoms with Crippen LogP contribution in [-0.2, 0) is 0 Å². The summed E-state index contributed by atoms with van der Waals surface area (Å²) < 4.78 is 4.84. The molecule has 0 fully saturated rings. The maximum absolute atomic E-state index is 12.1. The minimum atomic E-state index is -0.320. The molecule has 100 valence electrons. The molecular formula is C12H9N5O2S. The Morgan fingerprint density at radius 3 is 2.70 bits per heavy atom. The molecule has 0 atom stereocenters. The molecule has 0 aliphatic carbocycles. The van der Waals surface area contributed by atoms with Gasteiger partial charge in [0.25, 0.3) is 5.91 Å². The van der Waals surface area contributed by atoms with E-state index in [0.29, 0.717) is 5.13 Å². The molecule has 1 amide bonds. The molecule has 3 rings (SSSR count). The van der Waals surface area contributed by atoms with Crippen LogP contribution in [-0.4, -0.2) is 33.3 Å². The molecule has 8 heteroatoms. The monoisotopic (exact) mass is 287 g/mol. The summed E-state index contributed by atoms with van der Waals surface area (Å²) in [7, 11) is 1.61. The fraction of sp³-hybridized carbons (Fsp3) is 0.0833. The molecule has 0 saturated carbocycles. The van der Waals surface area contributed by atoms with Crippen molar-refractivity contribution >= 4 is 22.4 Å². The second-order valence-corrected chi connectivity index (χ2v) is 4.82. The summed E-state index contributed by atoms with van der Waals surface area (Å²) >= 11 is 1.31. The molecule has 3 aromatic heterocycles. The van der Waals surface area contributed by atoms with Crippen LogP contribution in [0.4, 0.5) is 5.13 Å². The van der Waals surface area contributed by atoms with Gasteiger partial charge in [-0.25, -0.2) is 0 Å². The van der Waals surface area contributed by atoms with Gasteiger partial charge in [0.1, 0.15) is 5.01 Å². The smallest absolute Gasteiger partial charge is 0.298 e. The predicted molar refractivity (Wildman–Crippen MR) is 72.4 cm³/mol. The molecule has 0 aliphatic rings. The number of carbonyl (C=O) groups excluding carboxylic acids is 1. The molecule has 0 spiro atoms. The highest BCUT2D eigenvalue weighted by atomic mass is 32.1. The van der Waals surface area contributed by atoms with Gasteiger partial charge in [-0.05, 0) is 12.1 Å². The third-order valence-corrected chi connectivity index (χ3v) is 3.63. The zero-order valence-corrected chi connectivity index (χ0v) is 11.2. The van der Waals surface area contributed by atoms with Crippen LogP contribution in [0, 0.1) is 0 Å². The first kappa shape index (κ1) is 12.4. The van der Waals surface area contributed by atoms with Crippen molar-refractivity contribution in [3.05, 3.63) is 42.5 Å². The van der Waals surface area contributed by atoms with Crippen molar-refractivity contribution in [1.29, 1.82) is 0 Å². The molecule has 0 unspecified atom stereocenters. The fourth-order valence-corrected chi connectivity index (χ4v) is 2.35. The van der Waals surface area contributed by atoms with E-state index >= 15 is 0 Å². The number of amides is 1. The molecule has 0 aliphatic heterocycles. The van der Waals surface area contributed by atoms with Crippen LogP contribution in [0.15, 0.2) is 41.3 Å². The van der Waals surface area contributed by atoms with Gasteiger partial charge in [0.15, 0.2) is 0 Å². The highest BCUT2D eigenvalue weighted by molar-refractivity contribution is 7.18. The second kappa shape index (κ2) is 5.17. The van der Waals surface area contributed by atoms with E-state index in [9.17, 15) is 4.79 Å². The van der Waals surface area contributed by atoms with Gasteiger partial charge in [-0.15, -0.1) is 10.2 Å². The van der Waals surface area contributed by atoms with Crippen LogP contribution in [0.3, 0.4) is 0 Å². The third kappa shape index (κ3) is 2.28. The van der Waals surface area contributed by atoms with Gasteiger partial charge in [0.2, 0.25) is 10.9 Å². The first-order valence-corrected chi connectivity index (χ1v) is 6.50. The Morgan fingerprint density at radius 1 is 1.20 bits per heavy atom. The predicted octanol–water partition coefficient (Wildman–Crippen LogP) is 1.86. The Bertz CT molecular complexity index is 711. The van der Waals surface area contributed by atoms with E-state index in [1.54, 1.807) is 19.4 Å². The van der Waals surface area contributed by atoms with Crippen LogP contribution >= 0.6 is 11.3 Å². The standard InChI is InChI=1S/C12H9N5O2S/c1-17(11(18)9-4-7-14-19-9)12-16-15-10(20-12)8-2-5-13-6-3-8/h2-7H,1H3. The maximum atomic E-state index is 12.1. The van der Waals surface area contributed by atoms with Crippen LogP contribution < -0.4 is 4.90 Å². The summed E-state index contributed by atoms with van der Waals surface area (Å²) in [6, 6.07) is 5.18. The van der Waals surface area contributed by atoms with E-state index < -0.39 is 0 Å². The SMILES string of the molecule is CN(C(=O)c1ccno1)c1nnc(-c2ccncc2)s1. The number of rotatable bonds is 3. The van der Waals surface area contributed by atoms with Crippen LogP contribution in [0.1, 0.15) is 10.6 Å². The lowest BCUT2D eigenvalue weighted by atomic mass is 10.3. The number of anilines is 1. The van der Waals surface area contributed by atoms with Gasteiger partial charge in [-0.3, -0.25) is 14.7 Å². The van der Waals surface area contributed by atoms with Gasteiger partial charge in [-0.1, -0.05) is 16.5 Å². The van der Waals surface area contributed by atoms with Crippen molar-refractivity contribution in [1.82, 2.24) is 20.3 Å². The summed E-state index contributed by atoms with van der Waals surface area (Å²) in [5.74, 6) is -0.159. The van der Waals surface area contributed by atoms with Crippen molar-refractivity contribution < 1.29 is 9.32 Å². The van der Waals surface area contributed by atoms with Crippen LogP contribution in [0.25, 0.3) is 10.6 Å². The van der Waals surface area contributed by atoms with E-state index in [2.05, 4.69) is 20.3 Å². The topological polar surface area (TPSA) is 85.0 Å². The van der Waals surface area contributed by atoms with Crippen LogP contribution in [0.2, 0.25) is 0 Å². The quantitative estimate of drug-likeness (QED) is 0.731. The van der Waals surface area contributed by atoms with Crippen LogP contribution in [0.5, 0.6) is 0 Å². The van der Waals surface area contributed by atoms with E-state index in [1.807, 2.05) is 12.1 Å². The zero-order valence-electron chi connectivity index (χ0n) is 10.4. The van der Waals surface area contributed by atoms with E-state index in [-0.39, 0.29) is 11.7 Å². The average molecular weight is 287 g/mol. The number of pyridine rings is 1. The fourth-order valence-electron chi connectivity index (χ4n) is 1.54. The van der Waals surface area contributed by atoms with Crippen molar-refractivity contribution in [3.63, 3.8) is 0 Å². The molecule has 7 nitrogen and oxygen atoms in total. The number of hydrogen-bond acceptors (Lipinski definition) is 7. The maximum Gasteiger partial charge on any atom is 0.298 e. The summed E-state index contributed by atoms with van der Waals surface area (Å²) in [6.45, 7) is 0. The highest BCUT2D eigenvalue weighted by Crippen LogP contribution is 2.28. The number of nitrogens with zero attached hydrogens (tertiary/aromatic N) is 5. The minimum absolute atomic E-state index is 0.160. The molecule has 0 radical (unpaired) electrons. The van der Waals surface area contributed by atoms with Gasteiger partial charge < -0.3 is 4.52 Å². The van der Waals surface area contributed by atoms with Gasteiger partial charge in [-0.2, -0.15) is 0 Å². The summed E-state index contributed by atoms with van der Waals surface area (Å²) in [6.07, 6.45) is 4.78. The normalized spacial score (nSPS) is 10.4. The Hall–Kier alpha value is -2.61. The molecule has 0 bridgehead atoms. The number of carbonyl (C=O) groups is 1. The van der Waals surface area contributed by atoms with Crippen molar-refractivity contribution in [2.24, 2.45) is 0 Å². The van der Waals surface area contributed by atoms with Gasteiger partial charge in [0.05, 0.1) is 6.20 Å². The largest absolute Gasteiger partial charge is 0.351 e. The molecule has 3 aromatic rings. The first-order chi connectivity index (χ1) is 9.75. The summed E-state index contributed by atoms with van der Waals surface area (Å²) in [5.41, 5.74) is 0.907. The lowest BCUT2D eigenvalue weighted by Crippen LogP contribution is -2.25. The molecule has 0 aromatic carbocycles. The zero-order chi connectivity index (χ0) is 13.9. The Morgan fingerprint density at radius 2 is 2.00 bits per heavy atom. The molecular weight excluding hydrogens is 278 g/mol. The summed E-state index contributed by atoms with van der Waals surface area (Å²) in [4.78, 5) is 17.4. The van der Waals surface area contributed by atoms with Crippen molar-refractivity contribution in [2.75, 3.05) is 11.9 Å². The number of aromatic nitrogens is 4.